The zero-order valence-electron chi connectivity index (χ0n) is 15.6. The van der Waals surface area contributed by atoms with Crippen LogP contribution in [0.3, 0.4) is 0 Å². The van der Waals surface area contributed by atoms with Gasteiger partial charge in [-0.1, -0.05) is 44.2 Å². The van der Waals surface area contributed by atoms with Crippen molar-refractivity contribution in [1.82, 2.24) is 4.98 Å². The van der Waals surface area contributed by atoms with E-state index in [9.17, 15) is 5.26 Å². The summed E-state index contributed by atoms with van der Waals surface area (Å²) >= 11 is 1.45. The van der Waals surface area contributed by atoms with Crippen LogP contribution in [-0.4, -0.2) is 12.1 Å². The zero-order chi connectivity index (χ0) is 19.2. The summed E-state index contributed by atoms with van der Waals surface area (Å²) in [6.45, 7) is 4.30. The predicted molar refractivity (Wildman–Crippen MR) is 112 cm³/mol. The minimum absolute atomic E-state index is 0.396. The highest BCUT2D eigenvalue weighted by Gasteiger charge is 2.10. The van der Waals surface area contributed by atoms with Gasteiger partial charge in [-0.25, -0.2) is 4.98 Å². The van der Waals surface area contributed by atoms with Crippen molar-refractivity contribution in [2.24, 2.45) is 0 Å². The van der Waals surface area contributed by atoms with E-state index in [2.05, 4.69) is 36.3 Å². The second-order valence-corrected chi connectivity index (χ2v) is 7.18. The maximum absolute atomic E-state index is 9.59. The van der Waals surface area contributed by atoms with E-state index in [1.165, 1.54) is 16.9 Å². The summed E-state index contributed by atoms with van der Waals surface area (Å²) in [5.74, 6) is 1.18. The number of benzene rings is 2. The summed E-state index contributed by atoms with van der Waals surface area (Å²) in [6.07, 6.45) is 1.73. The fourth-order valence-corrected chi connectivity index (χ4v) is 3.53. The Morgan fingerprint density at radius 3 is 2.78 bits per heavy atom. The van der Waals surface area contributed by atoms with E-state index in [0.29, 0.717) is 16.5 Å². The number of hydrogen-bond donors (Lipinski definition) is 1. The van der Waals surface area contributed by atoms with Crippen LogP contribution in [0.15, 0.2) is 60.1 Å². The van der Waals surface area contributed by atoms with Gasteiger partial charge in [-0.05, 0) is 29.7 Å². The quantitative estimate of drug-likeness (QED) is 0.543. The first-order valence-corrected chi connectivity index (χ1v) is 9.56. The monoisotopic (exact) mass is 375 g/mol. The lowest BCUT2D eigenvalue weighted by atomic mass is 10.0. The van der Waals surface area contributed by atoms with Crippen LogP contribution in [-0.2, 0) is 0 Å². The number of hydrogen-bond acceptors (Lipinski definition) is 5. The molecule has 0 bridgehead atoms. The molecule has 0 unspecified atom stereocenters. The standard InChI is InChI=1S/C22H21N3OS/c1-15(2)19-9-4-5-10-20(19)24-13-17(12-23)22-25-21(14-27-22)16-7-6-8-18(11-16)26-3/h4-11,13-15,24H,1-3H3. The van der Waals surface area contributed by atoms with Crippen LogP contribution >= 0.6 is 11.3 Å². The fraction of sp³-hybridized carbons (Fsp3) is 0.182. The van der Waals surface area contributed by atoms with Crippen LogP contribution in [0.1, 0.15) is 30.3 Å². The molecule has 0 fully saturated rings. The summed E-state index contributed by atoms with van der Waals surface area (Å²) < 4.78 is 5.27. The van der Waals surface area contributed by atoms with Crippen molar-refractivity contribution in [1.29, 1.82) is 5.26 Å². The number of methoxy groups -OCH3 is 1. The first-order valence-electron chi connectivity index (χ1n) is 8.68. The van der Waals surface area contributed by atoms with E-state index < -0.39 is 0 Å². The van der Waals surface area contributed by atoms with Gasteiger partial charge in [0.25, 0.3) is 0 Å². The Morgan fingerprint density at radius 1 is 1.22 bits per heavy atom. The molecule has 27 heavy (non-hydrogen) atoms. The Balaban J connectivity index is 1.86. The third-order valence-electron chi connectivity index (χ3n) is 4.18. The minimum atomic E-state index is 0.396. The summed E-state index contributed by atoms with van der Waals surface area (Å²) in [4.78, 5) is 4.63. The number of thiazole rings is 1. The smallest absolute Gasteiger partial charge is 0.136 e. The highest BCUT2D eigenvalue weighted by Crippen LogP contribution is 2.29. The first-order chi connectivity index (χ1) is 13.1. The summed E-state index contributed by atoms with van der Waals surface area (Å²) in [5, 5.41) is 15.5. The van der Waals surface area contributed by atoms with Gasteiger partial charge in [-0.3, -0.25) is 0 Å². The number of aromatic nitrogens is 1. The van der Waals surface area contributed by atoms with Crippen molar-refractivity contribution in [2.45, 2.75) is 19.8 Å². The third-order valence-corrected chi connectivity index (χ3v) is 5.05. The van der Waals surface area contributed by atoms with Gasteiger partial charge in [0.1, 0.15) is 22.4 Å². The molecule has 1 N–H and O–H groups in total. The van der Waals surface area contributed by atoms with Crippen molar-refractivity contribution in [3.63, 3.8) is 0 Å². The van der Waals surface area contributed by atoms with Gasteiger partial charge in [0.2, 0.25) is 0 Å². The predicted octanol–water partition coefficient (Wildman–Crippen LogP) is 5.92. The van der Waals surface area contributed by atoms with Gasteiger partial charge >= 0.3 is 0 Å². The number of allylic oxidation sites excluding steroid dienone is 1. The number of anilines is 1. The Labute approximate surface area is 163 Å². The molecule has 0 radical (unpaired) electrons. The number of para-hydroxylation sites is 1. The Morgan fingerprint density at radius 2 is 2.04 bits per heavy atom. The maximum Gasteiger partial charge on any atom is 0.136 e. The van der Waals surface area contributed by atoms with Crippen molar-refractivity contribution >= 4 is 22.6 Å². The van der Waals surface area contributed by atoms with Crippen molar-refractivity contribution in [3.05, 3.63) is 70.7 Å². The van der Waals surface area contributed by atoms with Crippen LogP contribution in [0.5, 0.6) is 5.75 Å². The van der Waals surface area contributed by atoms with Crippen LogP contribution in [0, 0.1) is 11.3 Å². The molecule has 0 aliphatic heterocycles. The molecule has 2 aromatic carbocycles. The molecule has 0 atom stereocenters. The molecule has 3 rings (SSSR count). The van der Waals surface area contributed by atoms with E-state index >= 15 is 0 Å². The van der Waals surface area contributed by atoms with Gasteiger partial charge in [0.15, 0.2) is 0 Å². The van der Waals surface area contributed by atoms with E-state index in [1.54, 1.807) is 13.3 Å². The molecule has 136 valence electrons. The highest BCUT2D eigenvalue weighted by atomic mass is 32.1. The van der Waals surface area contributed by atoms with Gasteiger partial charge in [-0.2, -0.15) is 5.26 Å². The SMILES string of the molecule is COc1cccc(-c2csc(C(C#N)=CNc3ccccc3C(C)C)n2)c1. The van der Waals surface area contributed by atoms with Gasteiger partial charge < -0.3 is 10.1 Å². The third kappa shape index (κ3) is 4.36. The Bertz CT molecular complexity index is 999. The van der Waals surface area contributed by atoms with Crippen molar-refractivity contribution < 1.29 is 4.74 Å². The van der Waals surface area contributed by atoms with Gasteiger partial charge in [0.05, 0.1) is 12.8 Å². The first kappa shape index (κ1) is 18.7. The lowest BCUT2D eigenvalue weighted by molar-refractivity contribution is 0.415. The molecule has 0 amide bonds. The van der Waals surface area contributed by atoms with Gasteiger partial charge in [0, 0.05) is 22.8 Å². The lowest BCUT2D eigenvalue weighted by Crippen LogP contribution is -1.97. The summed E-state index contributed by atoms with van der Waals surface area (Å²) in [7, 11) is 1.64. The maximum atomic E-state index is 9.59. The van der Waals surface area contributed by atoms with E-state index in [4.69, 9.17) is 4.74 Å². The summed E-state index contributed by atoms with van der Waals surface area (Å²) in [5.41, 5.74) is 4.52. The molecule has 3 aromatic rings. The van der Waals surface area contributed by atoms with E-state index in [-0.39, 0.29) is 0 Å². The van der Waals surface area contributed by atoms with Crippen molar-refractivity contribution in [2.75, 3.05) is 12.4 Å². The summed E-state index contributed by atoms with van der Waals surface area (Å²) in [6, 6.07) is 18.1. The van der Waals surface area contributed by atoms with Crippen LogP contribution < -0.4 is 10.1 Å². The molecule has 1 heterocycles. The average Bonchev–Trinajstić information content (AvgIpc) is 3.19. The van der Waals surface area contributed by atoms with E-state index in [1.807, 2.05) is 47.8 Å². The molecule has 0 saturated carbocycles. The van der Waals surface area contributed by atoms with E-state index in [0.717, 1.165) is 22.7 Å². The second kappa shape index (κ2) is 8.52. The number of nitrogens with zero attached hydrogens (tertiary/aromatic N) is 2. The van der Waals surface area contributed by atoms with Crippen molar-refractivity contribution in [3.8, 4) is 23.1 Å². The Kier molecular flexibility index (Phi) is 5.90. The van der Waals surface area contributed by atoms with Gasteiger partial charge in [-0.15, -0.1) is 11.3 Å². The average molecular weight is 375 g/mol. The number of ether oxygens (including phenoxy) is 1. The fourth-order valence-electron chi connectivity index (χ4n) is 2.74. The second-order valence-electron chi connectivity index (χ2n) is 6.33. The number of rotatable bonds is 6. The molecule has 1 aromatic heterocycles. The largest absolute Gasteiger partial charge is 0.497 e. The molecule has 0 aliphatic carbocycles. The molecule has 0 spiro atoms. The topological polar surface area (TPSA) is 57.9 Å². The number of nitriles is 1. The zero-order valence-corrected chi connectivity index (χ0v) is 16.4. The molecule has 0 aliphatic rings. The lowest BCUT2D eigenvalue weighted by Gasteiger charge is -2.12. The normalized spacial score (nSPS) is 11.3. The highest BCUT2D eigenvalue weighted by molar-refractivity contribution is 7.11. The minimum Gasteiger partial charge on any atom is -0.497 e. The Hall–Kier alpha value is -3.10. The molecular formula is C22H21N3OS. The van der Waals surface area contributed by atoms with Crippen LogP contribution in [0.25, 0.3) is 16.8 Å². The van der Waals surface area contributed by atoms with Crippen LogP contribution in [0.2, 0.25) is 0 Å². The molecule has 0 saturated heterocycles. The number of nitrogens with one attached hydrogen (secondary N) is 1. The van der Waals surface area contributed by atoms with Crippen LogP contribution in [0.4, 0.5) is 5.69 Å². The molecule has 5 heteroatoms. The molecular weight excluding hydrogens is 354 g/mol. The molecule has 4 nitrogen and oxygen atoms in total.